The molecule has 0 aliphatic rings. The Kier molecular flexibility index (Phi) is 2.71. The summed E-state index contributed by atoms with van der Waals surface area (Å²) in [5, 5.41) is 12.6. The highest BCUT2D eigenvalue weighted by Gasteiger charge is 2.14. The van der Waals surface area contributed by atoms with Crippen molar-refractivity contribution in [3.8, 4) is 0 Å². The van der Waals surface area contributed by atoms with E-state index in [1.807, 2.05) is 46.4 Å². The number of carbonyl (C=O) groups excluding carboxylic acids is 1. The molecular weight excluding hydrogens is 286 g/mol. The summed E-state index contributed by atoms with van der Waals surface area (Å²) in [6.45, 7) is 0.383. The number of imidazole rings is 1. The smallest absolute Gasteiger partial charge is 0.272 e. The first kappa shape index (κ1) is 12.1. The zero-order valence-electron chi connectivity index (χ0n) is 10.9. The van der Waals surface area contributed by atoms with Gasteiger partial charge >= 0.3 is 0 Å². The Balaban J connectivity index is 1.54. The number of thiazole rings is 1. The molecule has 21 heavy (non-hydrogen) atoms. The van der Waals surface area contributed by atoms with Gasteiger partial charge in [0.1, 0.15) is 0 Å². The van der Waals surface area contributed by atoms with Crippen molar-refractivity contribution >= 4 is 33.1 Å². The Morgan fingerprint density at radius 3 is 3.19 bits per heavy atom. The van der Waals surface area contributed by atoms with E-state index in [4.69, 9.17) is 0 Å². The lowest BCUT2D eigenvalue weighted by atomic mass is 10.2. The summed E-state index contributed by atoms with van der Waals surface area (Å²) in [6, 6.07) is 7.56. The molecule has 6 nitrogen and oxygen atoms in total. The van der Waals surface area contributed by atoms with Crippen LogP contribution >= 0.6 is 11.3 Å². The maximum atomic E-state index is 12.2. The number of fused-ring (bicyclic) bond motifs is 2. The zero-order valence-corrected chi connectivity index (χ0v) is 11.7. The van der Waals surface area contributed by atoms with Crippen LogP contribution in [0, 0.1) is 0 Å². The number of para-hydroxylation sites is 1. The molecule has 104 valence electrons. The van der Waals surface area contributed by atoms with E-state index < -0.39 is 0 Å². The van der Waals surface area contributed by atoms with Gasteiger partial charge in [-0.25, -0.2) is 4.98 Å². The van der Waals surface area contributed by atoms with Crippen molar-refractivity contribution in [1.82, 2.24) is 24.9 Å². The molecule has 0 atom stereocenters. The van der Waals surface area contributed by atoms with E-state index in [9.17, 15) is 4.79 Å². The molecule has 1 aromatic carbocycles. The molecule has 4 aromatic rings. The molecule has 2 N–H and O–H groups in total. The minimum Gasteiger partial charge on any atom is -0.345 e. The van der Waals surface area contributed by atoms with Gasteiger partial charge in [0.05, 0.1) is 17.8 Å². The molecule has 0 aliphatic carbocycles. The van der Waals surface area contributed by atoms with Crippen LogP contribution in [0.1, 0.15) is 16.2 Å². The molecule has 7 heteroatoms. The average Bonchev–Trinajstić information content (AvgIpc) is 3.18. The van der Waals surface area contributed by atoms with Gasteiger partial charge in [-0.15, -0.1) is 11.3 Å². The van der Waals surface area contributed by atoms with Crippen molar-refractivity contribution in [2.24, 2.45) is 0 Å². The Bertz CT molecular complexity index is 906. The fourth-order valence-corrected chi connectivity index (χ4v) is 2.97. The third-order valence-corrected chi connectivity index (χ3v) is 4.03. The highest BCUT2D eigenvalue weighted by Crippen LogP contribution is 2.15. The van der Waals surface area contributed by atoms with Crippen LogP contribution in [0.15, 0.2) is 42.0 Å². The van der Waals surface area contributed by atoms with E-state index in [1.54, 1.807) is 11.3 Å². The van der Waals surface area contributed by atoms with Gasteiger partial charge in [-0.2, -0.15) is 5.10 Å². The van der Waals surface area contributed by atoms with Crippen molar-refractivity contribution in [2.75, 3.05) is 0 Å². The first-order valence-electron chi connectivity index (χ1n) is 6.43. The molecule has 0 saturated heterocycles. The highest BCUT2D eigenvalue weighted by molar-refractivity contribution is 7.15. The number of amides is 1. The molecule has 3 aromatic heterocycles. The second kappa shape index (κ2) is 4.71. The number of benzene rings is 1. The summed E-state index contributed by atoms with van der Waals surface area (Å²) in [4.78, 5) is 17.6. The fourth-order valence-electron chi connectivity index (χ4n) is 2.25. The van der Waals surface area contributed by atoms with Crippen LogP contribution in [0.3, 0.4) is 0 Å². The fraction of sp³-hybridized carbons (Fsp3) is 0.0714. The molecule has 3 heterocycles. The monoisotopic (exact) mass is 297 g/mol. The Hall–Kier alpha value is -2.67. The van der Waals surface area contributed by atoms with E-state index in [2.05, 4.69) is 20.5 Å². The van der Waals surface area contributed by atoms with Crippen molar-refractivity contribution < 1.29 is 4.79 Å². The number of hydrogen-bond donors (Lipinski definition) is 2. The van der Waals surface area contributed by atoms with Crippen molar-refractivity contribution in [3.05, 3.63) is 53.4 Å². The van der Waals surface area contributed by atoms with E-state index in [-0.39, 0.29) is 5.91 Å². The summed E-state index contributed by atoms with van der Waals surface area (Å²) < 4.78 is 1.94. The summed E-state index contributed by atoms with van der Waals surface area (Å²) >= 11 is 1.56. The predicted octanol–water partition coefficient (Wildman–Crippen LogP) is 2.20. The van der Waals surface area contributed by atoms with Gasteiger partial charge in [0.2, 0.25) is 0 Å². The Labute approximate surface area is 123 Å². The van der Waals surface area contributed by atoms with Crippen LogP contribution in [0.5, 0.6) is 0 Å². The van der Waals surface area contributed by atoms with Crippen LogP contribution < -0.4 is 5.32 Å². The first-order valence-corrected chi connectivity index (χ1v) is 7.31. The Morgan fingerprint density at radius 1 is 1.38 bits per heavy atom. The molecule has 0 saturated carbocycles. The van der Waals surface area contributed by atoms with Gasteiger partial charge in [0.25, 0.3) is 5.91 Å². The number of nitrogens with zero attached hydrogens (tertiary/aromatic N) is 3. The van der Waals surface area contributed by atoms with Crippen LogP contribution in [0.2, 0.25) is 0 Å². The van der Waals surface area contributed by atoms with Gasteiger partial charge in [0.15, 0.2) is 10.7 Å². The zero-order chi connectivity index (χ0) is 14.2. The average molecular weight is 297 g/mol. The van der Waals surface area contributed by atoms with Crippen molar-refractivity contribution in [2.45, 2.75) is 6.54 Å². The van der Waals surface area contributed by atoms with E-state index in [0.717, 1.165) is 21.6 Å². The second-order valence-electron chi connectivity index (χ2n) is 4.63. The summed E-state index contributed by atoms with van der Waals surface area (Å²) in [5.74, 6) is -0.205. The molecule has 0 bridgehead atoms. The molecular formula is C14H11N5OS. The number of aromatic nitrogens is 4. The standard InChI is InChI=1S/C14H11N5OS/c20-13(12-10-3-1-2-4-11(10)17-18-12)15-7-9-8-19-5-6-21-14(19)16-9/h1-6,8H,7H2,(H,15,20)(H,17,18). The van der Waals surface area contributed by atoms with Crippen molar-refractivity contribution in [1.29, 1.82) is 0 Å². The summed E-state index contributed by atoms with van der Waals surface area (Å²) in [6.07, 6.45) is 3.86. The van der Waals surface area contributed by atoms with Crippen molar-refractivity contribution in [3.63, 3.8) is 0 Å². The normalized spacial score (nSPS) is 11.2. The molecule has 4 rings (SSSR count). The largest absolute Gasteiger partial charge is 0.345 e. The molecule has 0 fully saturated rings. The highest BCUT2D eigenvalue weighted by atomic mass is 32.1. The molecule has 0 radical (unpaired) electrons. The maximum absolute atomic E-state index is 12.2. The minimum absolute atomic E-state index is 0.205. The molecule has 1 amide bonds. The quantitative estimate of drug-likeness (QED) is 0.609. The lowest BCUT2D eigenvalue weighted by Gasteiger charge is -2.00. The van der Waals surface area contributed by atoms with Crippen LogP contribution in [-0.4, -0.2) is 25.5 Å². The number of carbonyl (C=O) groups is 1. The van der Waals surface area contributed by atoms with Crippen LogP contribution in [0.25, 0.3) is 15.9 Å². The predicted molar refractivity (Wildman–Crippen MR) is 80.3 cm³/mol. The Morgan fingerprint density at radius 2 is 2.29 bits per heavy atom. The van der Waals surface area contributed by atoms with Gasteiger partial charge in [-0.1, -0.05) is 18.2 Å². The second-order valence-corrected chi connectivity index (χ2v) is 5.50. The lowest BCUT2D eigenvalue weighted by molar-refractivity contribution is 0.0947. The van der Waals surface area contributed by atoms with Gasteiger partial charge in [-0.05, 0) is 6.07 Å². The number of nitrogens with one attached hydrogen (secondary N) is 2. The van der Waals surface area contributed by atoms with E-state index in [1.165, 1.54) is 0 Å². The third kappa shape index (κ3) is 2.07. The van der Waals surface area contributed by atoms with E-state index in [0.29, 0.717) is 12.2 Å². The number of H-pyrrole nitrogens is 1. The topological polar surface area (TPSA) is 75.1 Å². The van der Waals surface area contributed by atoms with Crippen LogP contribution in [0.4, 0.5) is 0 Å². The van der Waals surface area contributed by atoms with E-state index >= 15 is 0 Å². The molecule has 0 spiro atoms. The van der Waals surface area contributed by atoms with Crippen LogP contribution in [-0.2, 0) is 6.54 Å². The molecule has 0 aliphatic heterocycles. The minimum atomic E-state index is -0.205. The first-order chi connectivity index (χ1) is 10.3. The lowest BCUT2D eigenvalue weighted by Crippen LogP contribution is -2.23. The molecule has 0 unspecified atom stereocenters. The number of aromatic amines is 1. The third-order valence-electron chi connectivity index (χ3n) is 3.26. The summed E-state index contributed by atoms with van der Waals surface area (Å²) in [7, 11) is 0. The maximum Gasteiger partial charge on any atom is 0.272 e. The number of rotatable bonds is 3. The number of hydrogen-bond acceptors (Lipinski definition) is 4. The SMILES string of the molecule is O=C(NCc1cn2ccsc2n1)c1n[nH]c2ccccc12. The summed E-state index contributed by atoms with van der Waals surface area (Å²) in [5.41, 5.74) is 2.09. The van der Waals surface area contributed by atoms with Gasteiger partial charge in [-0.3, -0.25) is 14.3 Å². The van der Waals surface area contributed by atoms with Gasteiger partial charge < -0.3 is 5.32 Å². The van der Waals surface area contributed by atoms with Gasteiger partial charge in [0, 0.05) is 23.2 Å².